The minimum atomic E-state index is -0.468. The molecule has 0 fully saturated rings. The van der Waals surface area contributed by atoms with Crippen LogP contribution in [0.15, 0.2) is 0 Å². The molecule has 0 bridgehead atoms. The molecule has 0 rings (SSSR count). The summed E-state index contributed by atoms with van der Waals surface area (Å²) in [6.07, 6.45) is 5.67. The lowest BCUT2D eigenvalue weighted by Crippen LogP contribution is -2.26. The van der Waals surface area contributed by atoms with E-state index >= 15 is 0 Å². The summed E-state index contributed by atoms with van der Waals surface area (Å²) in [5.74, 6) is 1.45. The zero-order valence-electron chi connectivity index (χ0n) is 6.92. The van der Waals surface area contributed by atoms with Crippen LogP contribution in [0.25, 0.3) is 0 Å². The van der Waals surface area contributed by atoms with Crippen molar-refractivity contribution in [1.82, 2.24) is 5.48 Å². The molecule has 4 heteroatoms. The van der Waals surface area contributed by atoms with E-state index in [9.17, 15) is 9.59 Å². The number of amides is 1. The molecule has 0 aromatic carbocycles. The van der Waals surface area contributed by atoms with Crippen LogP contribution >= 0.6 is 0 Å². The highest BCUT2D eigenvalue weighted by atomic mass is 16.7. The van der Waals surface area contributed by atoms with E-state index in [0.717, 1.165) is 0 Å². The van der Waals surface area contributed by atoms with Crippen molar-refractivity contribution in [2.45, 2.75) is 26.2 Å². The SMILES string of the molecule is C#CCCC(=O)NOC(=O)CC. The zero-order chi connectivity index (χ0) is 9.40. The molecule has 0 aliphatic heterocycles. The molecule has 66 valence electrons. The first-order valence-corrected chi connectivity index (χ1v) is 3.62. The fourth-order valence-corrected chi connectivity index (χ4v) is 0.423. The second-order valence-corrected chi connectivity index (χ2v) is 2.06. The molecule has 1 amide bonds. The summed E-state index contributed by atoms with van der Waals surface area (Å²) in [5, 5.41) is 0. The number of carbonyl (C=O) groups is 2. The molecule has 0 saturated carbocycles. The topological polar surface area (TPSA) is 55.4 Å². The third kappa shape index (κ3) is 5.30. The number of hydrogen-bond acceptors (Lipinski definition) is 3. The van der Waals surface area contributed by atoms with Gasteiger partial charge in [0.1, 0.15) is 0 Å². The van der Waals surface area contributed by atoms with Gasteiger partial charge in [-0.1, -0.05) is 6.92 Å². The van der Waals surface area contributed by atoms with E-state index in [0.29, 0.717) is 6.42 Å². The standard InChI is InChI=1S/C8H11NO3/c1-3-5-6-7(10)9-12-8(11)4-2/h1H,4-6H2,2H3,(H,9,10). The molecule has 1 N–H and O–H groups in total. The summed E-state index contributed by atoms with van der Waals surface area (Å²) in [5.41, 5.74) is 1.98. The molecular weight excluding hydrogens is 158 g/mol. The lowest BCUT2D eigenvalue weighted by atomic mass is 10.3. The van der Waals surface area contributed by atoms with E-state index in [-0.39, 0.29) is 18.7 Å². The summed E-state index contributed by atoms with van der Waals surface area (Å²) in [4.78, 5) is 25.6. The van der Waals surface area contributed by atoms with E-state index in [1.165, 1.54) is 0 Å². The summed E-state index contributed by atoms with van der Waals surface area (Å²) in [6.45, 7) is 1.63. The Hall–Kier alpha value is -1.50. The Morgan fingerprint density at radius 3 is 2.75 bits per heavy atom. The van der Waals surface area contributed by atoms with Crippen molar-refractivity contribution in [3.05, 3.63) is 0 Å². The number of rotatable bonds is 3. The van der Waals surface area contributed by atoms with Gasteiger partial charge in [0, 0.05) is 19.3 Å². The van der Waals surface area contributed by atoms with Gasteiger partial charge in [0.15, 0.2) is 0 Å². The Kier molecular flexibility index (Phi) is 5.45. The van der Waals surface area contributed by atoms with Crippen LogP contribution in [0.5, 0.6) is 0 Å². The van der Waals surface area contributed by atoms with Crippen LogP contribution in [0.2, 0.25) is 0 Å². The van der Waals surface area contributed by atoms with Gasteiger partial charge in [0.05, 0.1) is 0 Å². The molecule has 0 aromatic heterocycles. The monoisotopic (exact) mass is 169 g/mol. The number of carbonyl (C=O) groups excluding carboxylic acids is 2. The Balaban J connectivity index is 3.45. The van der Waals surface area contributed by atoms with Gasteiger partial charge in [-0.15, -0.1) is 12.3 Å². The van der Waals surface area contributed by atoms with Gasteiger partial charge in [-0.05, 0) is 0 Å². The van der Waals surface area contributed by atoms with Crippen LogP contribution in [0.4, 0.5) is 0 Å². The number of hydrogen-bond donors (Lipinski definition) is 1. The van der Waals surface area contributed by atoms with Crippen molar-refractivity contribution in [3.63, 3.8) is 0 Å². The minimum Gasteiger partial charge on any atom is -0.341 e. The first kappa shape index (κ1) is 10.5. The fourth-order valence-electron chi connectivity index (χ4n) is 0.423. The Morgan fingerprint density at radius 1 is 1.58 bits per heavy atom. The van der Waals surface area contributed by atoms with E-state index < -0.39 is 5.97 Å². The van der Waals surface area contributed by atoms with Crippen molar-refractivity contribution in [2.75, 3.05) is 0 Å². The van der Waals surface area contributed by atoms with E-state index in [4.69, 9.17) is 6.42 Å². The third-order valence-corrected chi connectivity index (χ3v) is 1.06. The molecule has 0 saturated heterocycles. The summed E-state index contributed by atoms with van der Waals surface area (Å²) >= 11 is 0. The molecule has 0 atom stereocenters. The molecule has 0 spiro atoms. The number of hydroxylamine groups is 1. The van der Waals surface area contributed by atoms with Gasteiger partial charge in [-0.3, -0.25) is 4.79 Å². The highest BCUT2D eigenvalue weighted by Crippen LogP contribution is 1.87. The molecule has 0 aliphatic rings. The van der Waals surface area contributed by atoms with Crippen LogP contribution in [-0.2, 0) is 14.4 Å². The lowest BCUT2D eigenvalue weighted by molar-refractivity contribution is -0.157. The third-order valence-electron chi connectivity index (χ3n) is 1.06. The van der Waals surface area contributed by atoms with Crippen LogP contribution < -0.4 is 5.48 Å². The van der Waals surface area contributed by atoms with Crippen molar-refractivity contribution >= 4 is 11.9 Å². The van der Waals surface area contributed by atoms with Crippen molar-refractivity contribution in [1.29, 1.82) is 0 Å². The second kappa shape index (κ2) is 6.23. The molecule has 0 unspecified atom stereocenters. The zero-order valence-corrected chi connectivity index (χ0v) is 6.92. The smallest absolute Gasteiger partial charge is 0.331 e. The van der Waals surface area contributed by atoms with Crippen molar-refractivity contribution < 1.29 is 14.4 Å². The molecule has 0 aliphatic carbocycles. The molecular formula is C8H11NO3. The number of terminal acetylenes is 1. The highest BCUT2D eigenvalue weighted by molar-refractivity contribution is 5.77. The predicted octanol–water partition coefficient (Wildman–Crippen LogP) is 0.384. The normalized spacial score (nSPS) is 8.33. The largest absolute Gasteiger partial charge is 0.341 e. The highest BCUT2D eigenvalue weighted by Gasteiger charge is 2.02. The van der Waals surface area contributed by atoms with Crippen LogP contribution in [0.1, 0.15) is 26.2 Å². The first-order valence-electron chi connectivity index (χ1n) is 3.62. The second-order valence-electron chi connectivity index (χ2n) is 2.06. The van der Waals surface area contributed by atoms with Gasteiger partial charge in [0.25, 0.3) is 5.91 Å². The van der Waals surface area contributed by atoms with E-state index in [2.05, 4.69) is 10.8 Å². The molecule has 0 heterocycles. The van der Waals surface area contributed by atoms with Gasteiger partial charge in [-0.2, -0.15) is 5.48 Å². The maximum absolute atomic E-state index is 10.7. The van der Waals surface area contributed by atoms with E-state index in [1.807, 2.05) is 5.48 Å². The average Bonchev–Trinajstić information content (AvgIpc) is 2.10. The Bertz CT molecular complexity index is 205. The lowest BCUT2D eigenvalue weighted by Gasteiger charge is -2.01. The fraction of sp³-hybridized carbons (Fsp3) is 0.500. The summed E-state index contributed by atoms with van der Waals surface area (Å²) < 4.78 is 0. The Labute approximate surface area is 71.2 Å². The van der Waals surface area contributed by atoms with E-state index in [1.54, 1.807) is 6.92 Å². The predicted molar refractivity (Wildman–Crippen MR) is 42.6 cm³/mol. The quantitative estimate of drug-likeness (QED) is 0.491. The summed E-state index contributed by atoms with van der Waals surface area (Å²) in [6, 6.07) is 0. The van der Waals surface area contributed by atoms with Crippen molar-refractivity contribution in [2.24, 2.45) is 0 Å². The maximum Gasteiger partial charge on any atom is 0.331 e. The minimum absolute atomic E-state index is 0.174. The number of nitrogens with one attached hydrogen (secondary N) is 1. The van der Waals surface area contributed by atoms with Crippen LogP contribution in [0.3, 0.4) is 0 Å². The average molecular weight is 169 g/mol. The van der Waals surface area contributed by atoms with Gasteiger partial charge in [-0.25, -0.2) is 4.79 Å². The van der Waals surface area contributed by atoms with Crippen molar-refractivity contribution in [3.8, 4) is 12.3 Å². The molecule has 0 radical (unpaired) electrons. The summed E-state index contributed by atoms with van der Waals surface area (Å²) in [7, 11) is 0. The molecule has 0 aromatic rings. The van der Waals surface area contributed by atoms with Crippen LogP contribution in [-0.4, -0.2) is 11.9 Å². The van der Waals surface area contributed by atoms with Gasteiger partial charge >= 0.3 is 5.97 Å². The molecule has 12 heavy (non-hydrogen) atoms. The first-order chi connectivity index (χ1) is 5.70. The maximum atomic E-state index is 10.7. The van der Waals surface area contributed by atoms with Gasteiger partial charge < -0.3 is 4.84 Å². The van der Waals surface area contributed by atoms with Crippen LogP contribution in [0, 0.1) is 12.3 Å². The Morgan fingerprint density at radius 2 is 2.25 bits per heavy atom. The van der Waals surface area contributed by atoms with Gasteiger partial charge in [0.2, 0.25) is 0 Å². The molecule has 4 nitrogen and oxygen atoms in total.